The normalized spacial score (nSPS) is 11.1. The van der Waals surface area contributed by atoms with Gasteiger partial charge in [-0.2, -0.15) is 0 Å². The van der Waals surface area contributed by atoms with Gasteiger partial charge in [0.25, 0.3) is 21.8 Å². The molecule has 0 spiro atoms. The molecular weight excluding hydrogens is 458 g/mol. The number of carbonyl (C=O) groups is 1. The molecule has 34 heavy (non-hydrogen) atoms. The van der Waals surface area contributed by atoms with Crippen molar-refractivity contribution in [2.24, 2.45) is 0 Å². The van der Waals surface area contributed by atoms with E-state index in [0.717, 1.165) is 11.1 Å². The van der Waals surface area contributed by atoms with Crippen LogP contribution in [-0.4, -0.2) is 49.0 Å². The second-order valence-corrected chi connectivity index (χ2v) is 8.97. The van der Waals surface area contributed by atoms with E-state index in [1.807, 2.05) is 13.8 Å². The molecule has 0 saturated heterocycles. The van der Waals surface area contributed by atoms with Crippen LogP contribution in [0.25, 0.3) is 0 Å². The number of carbonyl (C=O) groups excluding carboxylic acids is 1. The zero-order chi connectivity index (χ0) is 24.4. The van der Waals surface area contributed by atoms with Gasteiger partial charge in [-0.3, -0.25) is 14.5 Å². The number of benzene rings is 1. The van der Waals surface area contributed by atoms with Crippen molar-refractivity contribution in [2.75, 3.05) is 24.5 Å². The summed E-state index contributed by atoms with van der Waals surface area (Å²) in [5.74, 6) is -0.706. The molecule has 1 amide bonds. The van der Waals surface area contributed by atoms with Crippen LogP contribution in [-0.2, 0) is 21.4 Å². The van der Waals surface area contributed by atoms with Crippen LogP contribution in [0.2, 0.25) is 0 Å². The molecule has 2 aromatic heterocycles. The van der Waals surface area contributed by atoms with Gasteiger partial charge in [0, 0.05) is 37.7 Å². The van der Waals surface area contributed by atoms with Crippen molar-refractivity contribution in [1.82, 2.24) is 20.3 Å². The summed E-state index contributed by atoms with van der Waals surface area (Å²) in [6, 6.07) is 9.91. The number of nitrogens with one attached hydrogen (secondary N) is 2. The summed E-state index contributed by atoms with van der Waals surface area (Å²) in [4.78, 5) is 24.9. The Kier molecular flexibility index (Phi) is 8.88. The van der Waals surface area contributed by atoms with Crippen LogP contribution in [0, 0.1) is 6.92 Å². The minimum atomic E-state index is -3.95. The summed E-state index contributed by atoms with van der Waals surface area (Å²) in [6.45, 7) is 5.35. The van der Waals surface area contributed by atoms with Crippen LogP contribution in [0.4, 0.5) is 5.82 Å². The fourth-order valence-electron chi connectivity index (χ4n) is 2.80. The molecule has 10 nitrogen and oxygen atoms in total. The number of pyridine rings is 1. The number of nitrogens with zero attached hydrogens (tertiary/aromatic N) is 3. The van der Waals surface area contributed by atoms with Crippen LogP contribution < -0.4 is 14.8 Å². The lowest BCUT2D eigenvalue weighted by Gasteiger charge is -2.13. The van der Waals surface area contributed by atoms with E-state index in [0.29, 0.717) is 26.2 Å². The summed E-state index contributed by atoms with van der Waals surface area (Å²) in [5.41, 5.74) is 1.66. The van der Waals surface area contributed by atoms with Crippen molar-refractivity contribution in [3.8, 4) is 5.88 Å². The lowest BCUT2D eigenvalue weighted by Crippen LogP contribution is -2.27. The lowest BCUT2D eigenvalue weighted by atomic mass is 10.2. The topological polar surface area (TPSA) is 132 Å². The number of hydrogen-bond donors (Lipinski definition) is 2. The largest absolute Gasteiger partial charge is 0.470 e. The highest BCUT2D eigenvalue weighted by atomic mass is 32.2. The van der Waals surface area contributed by atoms with Crippen molar-refractivity contribution in [2.45, 2.75) is 31.8 Å². The molecule has 0 fully saturated rings. The Bertz CT molecular complexity index is 1190. The van der Waals surface area contributed by atoms with E-state index in [-0.39, 0.29) is 28.9 Å². The van der Waals surface area contributed by atoms with Gasteiger partial charge in [-0.25, -0.2) is 18.4 Å². The summed E-state index contributed by atoms with van der Waals surface area (Å²) in [5, 5.41) is 2.73. The second kappa shape index (κ2) is 12.1. The third-order valence-corrected chi connectivity index (χ3v) is 5.94. The first kappa shape index (κ1) is 25.1. The van der Waals surface area contributed by atoms with E-state index < -0.39 is 15.9 Å². The average molecular weight is 486 g/mol. The van der Waals surface area contributed by atoms with Crippen molar-refractivity contribution < 1.29 is 22.7 Å². The quantitative estimate of drug-likeness (QED) is 0.374. The highest BCUT2D eigenvalue weighted by molar-refractivity contribution is 7.92. The highest BCUT2D eigenvalue weighted by Gasteiger charge is 2.21. The van der Waals surface area contributed by atoms with Crippen LogP contribution >= 0.6 is 0 Å². The Labute approximate surface area is 198 Å². The predicted octanol–water partition coefficient (Wildman–Crippen LogP) is 2.72. The molecular formula is C23H27N5O5S. The summed E-state index contributed by atoms with van der Waals surface area (Å²) < 4.78 is 39.1. The second-order valence-electron chi connectivity index (χ2n) is 7.28. The minimum absolute atomic E-state index is 0.00381. The highest BCUT2D eigenvalue weighted by Crippen LogP contribution is 2.24. The van der Waals surface area contributed by atoms with E-state index in [1.165, 1.54) is 18.3 Å². The molecule has 2 heterocycles. The maximum absolute atomic E-state index is 12.9. The third-order valence-electron chi connectivity index (χ3n) is 4.59. The Balaban J connectivity index is 1.80. The molecule has 0 saturated carbocycles. The third kappa shape index (κ3) is 7.22. The maximum Gasteiger partial charge on any atom is 0.271 e. The number of aryl methyl sites for hydroxylation is 1. The van der Waals surface area contributed by atoms with Crippen LogP contribution in [0.1, 0.15) is 35.0 Å². The molecule has 0 atom stereocenters. The summed E-state index contributed by atoms with van der Waals surface area (Å²) >= 11 is 0. The summed E-state index contributed by atoms with van der Waals surface area (Å²) in [6.07, 6.45) is 5.08. The van der Waals surface area contributed by atoms with E-state index in [9.17, 15) is 13.2 Å². The number of hydrogen-bond acceptors (Lipinski definition) is 8. The first-order valence-electron chi connectivity index (χ1n) is 10.7. The Morgan fingerprint density at radius 1 is 1.12 bits per heavy atom. The zero-order valence-electron chi connectivity index (χ0n) is 19.0. The number of anilines is 1. The van der Waals surface area contributed by atoms with Gasteiger partial charge < -0.3 is 14.8 Å². The standard InChI is InChI=1S/C23H27N5O5S/c1-3-32-13-5-12-25-22(29)20-15-26-21(23(27-20)33-16-18-6-4-11-24-14-18)28-34(30,31)19-9-7-17(2)8-10-19/h4,6-11,14-15H,3,5,12-13,16H2,1-2H3,(H,25,29)(H,26,28). The molecule has 0 aliphatic heterocycles. The van der Waals surface area contributed by atoms with Gasteiger partial charge in [-0.15, -0.1) is 0 Å². The Hall–Kier alpha value is -3.57. The average Bonchev–Trinajstić information content (AvgIpc) is 2.84. The molecule has 3 rings (SSSR count). The van der Waals surface area contributed by atoms with Crippen LogP contribution in [0.3, 0.4) is 0 Å². The Morgan fingerprint density at radius 3 is 2.62 bits per heavy atom. The van der Waals surface area contributed by atoms with Gasteiger partial charge in [0.15, 0.2) is 5.69 Å². The molecule has 3 aromatic rings. The molecule has 0 radical (unpaired) electrons. The smallest absolute Gasteiger partial charge is 0.271 e. The fraction of sp³-hybridized carbons (Fsp3) is 0.304. The van der Waals surface area contributed by atoms with Gasteiger partial charge in [-0.05, 0) is 38.5 Å². The maximum atomic E-state index is 12.9. The van der Waals surface area contributed by atoms with E-state index in [4.69, 9.17) is 9.47 Å². The molecule has 0 unspecified atom stereocenters. The molecule has 180 valence electrons. The van der Waals surface area contributed by atoms with E-state index in [2.05, 4.69) is 25.0 Å². The van der Waals surface area contributed by atoms with Crippen molar-refractivity contribution in [1.29, 1.82) is 0 Å². The predicted molar refractivity (Wildman–Crippen MR) is 126 cm³/mol. The summed E-state index contributed by atoms with van der Waals surface area (Å²) in [7, 11) is -3.95. The lowest BCUT2D eigenvalue weighted by molar-refractivity contribution is 0.0937. The number of amides is 1. The van der Waals surface area contributed by atoms with Gasteiger partial charge in [0.1, 0.15) is 6.61 Å². The van der Waals surface area contributed by atoms with Gasteiger partial charge in [0.05, 0.1) is 11.1 Å². The van der Waals surface area contributed by atoms with Crippen molar-refractivity contribution >= 4 is 21.7 Å². The minimum Gasteiger partial charge on any atom is -0.470 e. The van der Waals surface area contributed by atoms with E-state index >= 15 is 0 Å². The number of aromatic nitrogens is 3. The van der Waals surface area contributed by atoms with Gasteiger partial charge in [0.2, 0.25) is 5.82 Å². The molecule has 1 aromatic carbocycles. The first-order chi connectivity index (χ1) is 16.4. The zero-order valence-corrected chi connectivity index (χ0v) is 19.8. The SMILES string of the molecule is CCOCCCNC(=O)c1cnc(NS(=O)(=O)c2ccc(C)cc2)c(OCc2cccnc2)n1. The van der Waals surface area contributed by atoms with Crippen LogP contribution in [0.15, 0.2) is 59.9 Å². The van der Waals surface area contributed by atoms with Crippen molar-refractivity contribution in [3.05, 3.63) is 71.8 Å². The van der Waals surface area contributed by atoms with Crippen LogP contribution in [0.5, 0.6) is 5.88 Å². The molecule has 0 bridgehead atoms. The van der Waals surface area contributed by atoms with Crippen molar-refractivity contribution in [3.63, 3.8) is 0 Å². The molecule has 0 aliphatic rings. The van der Waals surface area contributed by atoms with E-state index in [1.54, 1.807) is 36.7 Å². The van der Waals surface area contributed by atoms with Gasteiger partial charge in [-0.1, -0.05) is 23.8 Å². The molecule has 0 aliphatic carbocycles. The molecule has 11 heteroatoms. The number of sulfonamides is 1. The first-order valence-corrected chi connectivity index (χ1v) is 12.2. The van der Waals surface area contributed by atoms with Gasteiger partial charge >= 0.3 is 0 Å². The fourth-order valence-corrected chi connectivity index (χ4v) is 3.81. The number of rotatable bonds is 12. The number of ether oxygens (including phenoxy) is 2. The molecule has 2 N–H and O–H groups in total. The monoisotopic (exact) mass is 485 g/mol. The Morgan fingerprint density at radius 2 is 1.91 bits per heavy atom.